The third-order valence-corrected chi connectivity index (χ3v) is 3.07. The van der Waals surface area contributed by atoms with Crippen LogP contribution in [0.15, 0.2) is 0 Å². The Kier molecular flexibility index (Phi) is 5.24. The highest BCUT2D eigenvalue weighted by Gasteiger charge is 2.21. The monoisotopic (exact) mass is 257 g/mol. The van der Waals surface area contributed by atoms with Crippen molar-refractivity contribution in [3.05, 3.63) is 15.6 Å². The molecule has 1 rings (SSSR count). The molecule has 0 saturated heterocycles. The molecule has 0 aliphatic heterocycles. The Hall–Kier alpha value is -1.27. The average Bonchev–Trinajstić information content (AvgIpc) is 2.73. The number of rotatable bonds is 6. The summed E-state index contributed by atoms with van der Waals surface area (Å²) in [6.45, 7) is 4.34. The van der Waals surface area contributed by atoms with E-state index < -0.39 is 5.97 Å². The van der Waals surface area contributed by atoms with Crippen LogP contribution in [0, 0.1) is 0 Å². The Morgan fingerprint density at radius 3 is 2.65 bits per heavy atom. The van der Waals surface area contributed by atoms with Crippen LogP contribution in [-0.2, 0) is 16.1 Å². The van der Waals surface area contributed by atoms with E-state index in [9.17, 15) is 9.59 Å². The first kappa shape index (κ1) is 13.8. The number of thiazole rings is 1. The largest absolute Gasteiger partial charge is 0.464 e. The molecular weight excluding hydrogens is 242 g/mol. The molecule has 0 spiro atoms. The van der Waals surface area contributed by atoms with Gasteiger partial charge in [-0.15, -0.1) is 11.3 Å². The summed E-state index contributed by atoms with van der Waals surface area (Å²) in [5.74, 6) is -0.780. The van der Waals surface area contributed by atoms with E-state index in [1.165, 1.54) is 25.4 Å². The topological polar surface area (TPSA) is 65.5 Å². The van der Waals surface area contributed by atoms with Crippen molar-refractivity contribution in [3.8, 4) is 0 Å². The van der Waals surface area contributed by atoms with Gasteiger partial charge in [-0.05, 0) is 6.42 Å². The lowest BCUT2D eigenvalue weighted by molar-refractivity contribution is 0.0590. The fourth-order valence-electron chi connectivity index (χ4n) is 1.20. The van der Waals surface area contributed by atoms with Gasteiger partial charge in [-0.25, -0.2) is 9.78 Å². The molecule has 0 saturated carbocycles. The molecule has 1 aromatic rings. The third kappa shape index (κ3) is 3.61. The Labute approximate surface area is 104 Å². The van der Waals surface area contributed by atoms with E-state index in [4.69, 9.17) is 4.74 Å². The minimum absolute atomic E-state index is 0.0834. The number of aromatic nitrogens is 1. The highest BCUT2D eigenvalue weighted by atomic mass is 32.1. The van der Waals surface area contributed by atoms with Crippen LogP contribution in [-0.4, -0.2) is 30.5 Å². The lowest BCUT2D eigenvalue weighted by Gasteiger charge is -1.97. The van der Waals surface area contributed by atoms with Gasteiger partial charge in [0.1, 0.15) is 9.88 Å². The van der Waals surface area contributed by atoms with Gasteiger partial charge < -0.3 is 9.47 Å². The maximum Gasteiger partial charge on any atom is 0.358 e. The molecule has 0 aliphatic rings. The Bertz CT molecular complexity index is 414. The zero-order valence-electron chi connectivity index (χ0n) is 10.1. The molecule has 1 heterocycles. The lowest BCUT2D eigenvalue weighted by atomic mass is 10.3. The molecule has 0 atom stereocenters. The average molecular weight is 257 g/mol. The number of nitrogens with zero attached hydrogens (tertiary/aromatic N) is 1. The highest BCUT2D eigenvalue weighted by molar-refractivity contribution is 7.14. The molecule has 0 N–H and O–H groups in total. The first-order valence-electron chi connectivity index (χ1n) is 5.26. The van der Waals surface area contributed by atoms with Crippen LogP contribution in [0.1, 0.15) is 45.4 Å². The standard InChI is InChI=1S/C11H15NO4S/c1-4-5-16-6-8-12-9(11(14)15-3)10(17-8)7(2)13/h4-6H2,1-3H3. The fourth-order valence-corrected chi connectivity index (χ4v) is 2.09. The first-order valence-corrected chi connectivity index (χ1v) is 6.08. The SMILES string of the molecule is CCCOCc1nc(C(=O)OC)c(C(C)=O)s1. The van der Waals surface area contributed by atoms with Crippen molar-refractivity contribution in [2.45, 2.75) is 26.9 Å². The molecule has 0 amide bonds. The van der Waals surface area contributed by atoms with Crippen LogP contribution in [0.25, 0.3) is 0 Å². The van der Waals surface area contributed by atoms with E-state index in [-0.39, 0.29) is 11.5 Å². The smallest absolute Gasteiger partial charge is 0.358 e. The summed E-state index contributed by atoms with van der Waals surface area (Å²) < 4.78 is 9.89. The molecule has 0 radical (unpaired) electrons. The molecule has 0 aromatic carbocycles. The van der Waals surface area contributed by atoms with Crippen LogP contribution in [0.2, 0.25) is 0 Å². The number of hydrogen-bond acceptors (Lipinski definition) is 6. The van der Waals surface area contributed by atoms with Crippen LogP contribution in [0.3, 0.4) is 0 Å². The zero-order chi connectivity index (χ0) is 12.8. The van der Waals surface area contributed by atoms with Crippen molar-refractivity contribution in [1.29, 1.82) is 0 Å². The van der Waals surface area contributed by atoms with E-state index in [0.717, 1.165) is 6.42 Å². The molecule has 5 nitrogen and oxygen atoms in total. The second-order valence-electron chi connectivity index (χ2n) is 3.39. The van der Waals surface area contributed by atoms with Crippen LogP contribution < -0.4 is 0 Å². The van der Waals surface area contributed by atoms with Gasteiger partial charge in [-0.3, -0.25) is 4.79 Å². The number of hydrogen-bond donors (Lipinski definition) is 0. The second-order valence-corrected chi connectivity index (χ2v) is 4.47. The van der Waals surface area contributed by atoms with Gasteiger partial charge in [0.25, 0.3) is 0 Å². The number of Topliss-reactive ketones (excluding diaryl/α,β-unsaturated/α-hetero) is 1. The van der Waals surface area contributed by atoms with Crippen molar-refractivity contribution in [1.82, 2.24) is 4.98 Å². The minimum atomic E-state index is -0.590. The van der Waals surface area contributed by atoms with Crippen LogP contribution in [0.5, 0.6) is 0 Å². The zero-order valence-corrected chi connectivity index (χ0v) is 10.9. The molecule has 0 unspecified atom stereocenters. The number of carbonyl (C=O) groups excluding carboxylic acids is 2. The van der Waals surface area contributed by atoms with Gasteiger partial charge in [0.05, 0.1) is 13.7 Å². The lowest BCUT2D eigenvalue weighted by Crippen LogP contribution is -2.07. The van der Waals surface area contributed by atoms with Crippen LogP contribution >= 0.6 is 11.3 Å². The minimum Gasteiger partial charge on any atom is -0.464 e. The van der Waals surface area contributed by atoms with E-state index in [2.05, 4.69) is 9.72 Å². The van der Waals surface area contributed by atoms with Crippen molar-refractivity contribution in [3.63, 3.8) is 0 Å². The number of carbonyl (C=O) groups is 2. The molecule has 1 aromatic heterocycles. The maximum atomic E-state index is 11.4. The van der Waals surface area contributed by atoms with E-state index in [1.54, 1.807) is 0 Å². The van der Waals surface area contributed by atoms with E-state index in [1.807, 2.05) is 6.92 Å². The number of esters is 1. The van der Waals surface area contributed by atoms with Gasteiger partial charge in [0.2, 0.25) is 0 Å². The summed E-state index contributed by atoms with van der Waals surface area (Å²) in [6, 6.07) is 0. The molecule has 17 heavy (non-hydrogen) atoms. The molecule has 6 heteroatoms. The van der Waals surface area contributed by atoms with Crippen molar-refractivity contribution < 1.29 is 19.1 Å². The van der Waals surface area contributed by atoms with E-state index >= 15 is 0 Å². The number of ketones is 1. The summed E-state index contributed by atoms with van der Waals surface area (Å²) in [5, 5.41) is 0.615. The van der Waals surface area contributed by atoms with Gasteiger partial charge in [0, 0.05) is 13.5 Å². The van der Waals surface area contributed by atoms with Gasteiger partial charge in [0.15, 0.2) is 11.5 Å². The quantitative estimate of drug-likeness (QED) is 0.443. The Morgan fingerprint density at radius 2 is 2.12 bits per heavy atom. The Morgan fingerprint density at radius 1 is 1.41 bits per heavy atom. The summed E-state index contributed by atoms with van der Waals surface area (Å²) >= 11 is 1.18. The van der Waals surface area contributed by atoms with Crippen molar-refractivity contribution >= 4 is 23.1 Å². The third-order valence-electron chi connectivity index (χ3n) is 1.94. The van der Waals surface area contributed by atoms with Crippen LogP contribution in [0.4, 0.5) is 0 Å². The van der Waals surface area contributed by atoms with Gasteiger partial charge in [-0.1, -0.05) is 6.92 Å². The van der Waals surface area contributed by atoms with Crippen molar-refractivity contribution in [2.75, 3.05) is 13.7 Å². The molecule has 0 bridgehead atoms. The van der Waals surface area contributed by atoms with Gasteiger partial charge in [-0.2, -0.15) is 0 Å². The highest BCUT2D eigenvalue weighted by Crippen LogP contribution is 2.20. The fraction of sp³-hybridized carbons (Fsp3) is 0.545. The molecular formula is C11H15NO4S. The number of methoxy groups -OCH3 is 1. The molecule has 0 fully saturated rings. The summed E-state index contributed by atoms with van der Waals surface area (Å²) in [4.78, 5) is 27.2. The number of ether oxygens (including phenoxy) is 2. The van der Waals surface area contributed by atoms with Crippen molar-refractivity contribution in [2.24, 2.45) is 0 Å². The molecule has 0 aliphatic carbocycles. The van der Waals surface area contributed by atoms with Gasteiger partial charge >= 0.3 is 5.97 Å². The summed E-state index contributed by atoms with van der Waals surface area (Å²) in [7, 11) is 1.26. The normalized spacial score (nSPS) is 10.3. The second kappa shape index (κ2) is 6.46. The van der Waals surface area contributed by atoms with E-state index in [0.29, 0.717) is 23.1 Å². The molecule has 94 valence electrons. The maximum absolute atomic E-state index is 11.4. The first-order chi connectivity index (χ1) is 8.10. The summed E-state index contributed by atoms with van der Waals surface area (Å²) in [6.07, 6.45) is 0.912. The predicted octanol–water partition coefficient (Wildman–Crippen LogP) is 2.06. The summed E-state index contributed by atoms with van der Waals surface area (Å²) in [5.41, 5.74) is 0.0834. The Balaban J connectivity index is 2.88. The predicted molar refractivity (Wildman–Crippen MR) is 63.4 cm³/mol.